The Bertz CT molecular complexity index is 242. The van der Waals surface area contributed by atoms with E-state index in [4.69, 9.17) is 28.0 Å². The summed E-state index contributed by atoms with van der Waals surface area (Å²) in [5.41, 5.74) is -5.65. The van der Waals surface area contributed by atoms with Gasteiger partial charge in [0.2, 0.25) is 0 Å². The Labute approximate surface area is 97.2 Å². The number of carboxylic acid groups (broad SMARTS) is 2. The molecule has 92 valence electrons. The van der Waals surface area contributed by atoms with Gasteiger partial charge in [0.25, 0.3) is 0 Å². The molecule has 0 saturated carbocycles. The first kappa shape index (κ1) is 23.7. The number of carbonyl (C=O) groups is 1. The van der Waals surface area contributed by atoms with Crippen molar-refractivity contribution >= 4 is 16.3 Å². The molecule has 0 saturated heterocycles. The summed E-state index contributed by atoms with van der Waals surface area (Å²) < 4.78 is 58.9. The Morgan fingerprint density at radius 3 is 1.14 bits per heavy atom. The molecule has 0 atom stereocenters. The van der Waals surface area contributed by atoms with Crippen LogP contribution in [0.5, 0.6) is 0 Å². The van der Waals surface area contributed by atoms with E-state index >= 15 is 0 Å². The van der Waals surface area contributed by atoms with Crippen LogP contribution in [0.1, 0.15) is 0 Å². The molecule has 0 aromatic rings. The molecule has 0 rings (SSSR count). The van der Waals surface area contributed by atoms with Crippen molar-refractivity contribution in [2.24, 2.45) is 0 Å². The maximum absolute atomic E-state index is 10.7. The van der Waals surface area contributed by atoms with Crippen molar-refractivity contribution in [1.29, 1.82) is 0 Å². The van der Waals surface area contributed by atoms with Gasteiger partial charge in [0.1, 0.15) is 0 Å². The number of rotatable bonds is 0. The average Bonchev–Trinajstić information content (AvgIpc) is 1.55. The minimum Gasteiger partial charge on any atom is -0.741 e. The van der Waals surface area contributed by atoms with Crippen LogP contribution in [0, 0.1) is 0 Å². The zero-order valence-electron chi connectivity index (χ0n) is 5.59. The standard InChI is InChI=1S/CHF3O3S.CH2O3.2Cu/c2-1(3,4)8(5,6)7;2-1(3)4;;/h(H,5,6,7);(H2,2,3,4);;/q;;2*+2/p-3. The molecule has 0 amide bonds. The fraction of sp³-hybridized carbons (Fsp3) is 0.500. The van der Waals surface area contributed by atoms with Crippen LogP contribution in [-0.2, 0) is 44.3 Å². The smallest absolute Gasteiger partial charge is 0.741 e. The van der Waals surface area contributed by atoms with Gasteiger partial charge in [-0.1, -0.05) is 0 Å². The van der Waals surface area contributed by atoms with E-state index in [1.807, 2.05) is 0 Å². The van der Waals surface area contributed by atoms with Crippen molar-refractivity contribution in [2.45, 2.75) is 5.51 Å². The van der Waals surface area contributed by atoms with Crippen LogP contribution in [0.4, 0.5) is 18.0 Å². The number of halogens is 3. The van der Waals surface area contributed by atoms with Gasteiger partial charge in [-0.2, -0.15) is 13.2 Å². The van der Waals surface area contributed by atoms with Gasteiger partial charge < -0.3 is 19.6 Å². The molecule has 0 aliphatic rings. The summed E-state index contributed by atoms with van der Waals surface area (Å²) in [6.45, 7) is 0. The Balaban J connectivity index is -0.0000000733. The molecule has 6 nitrogen and oxygen atoms in total. The normalized spacial score (nSPS) is 9.71. The monoisotopic (exact) mass is 335 g/mol. The second kappa shape index (κ2) is 8.33. The number of alkyl halides is 3. The molecule has 0 aliphatic heterocycles. The predicted molar refractivity (Wildman–Crippen MR) is 21.1 cm³/mol. The molecule has 0 N–H and O–H groups in total. The van der Waals surface area contributed by atoms with E-state index < -0.39 is 21.8 Å². The Morgan fingerprint density at radius 2 is 1.14 bits per heavy atom. The molecule has 0 aromatic heterocycles. The number of carbonyl (C=O) groups excluding carboxylic acids is 1. The molecule has 0 spiro atoms. The van der Waals surface area contributed by atoms with Gasteiger partial charge in [0.15, 0.2) is 10.1 Å². The second-order valence-corrected chi connectivity index (χ2v) is 2.52. The minimum absolute atomic E-state index is 0. The summed E-state index contributed by atoms with van der Waals surface area (Å²) in [6, 6.07) is 0. The molecule has 0 aliphatic carbocycles. The summed E-state index contributed by atoms with van der Waals surface area (Å²) >= 11 is 0. The van der Waals surface area contributed by atoms with E-state index in [1.54, 1.807) is 0 Å². The van der Waals surface area contributed by atoms with Crippen LogP contribution in [0.3, 0.4) is 0 Å². The van der Waals surface area contributed by atoms with Gasteiger partial charge in [-0.25, -0.2) is 8.42 Å². The van der Waals surface area contributed by atoms with Crippen LogP contribution in [-0.4, -0.2) is 24.6 Å². The third kappa shape index (κ3) is 17.9. The van der Waals surface area contributed by atoms with E-state index in [-0.39, 0.29) is 34.1 Å². The first-order chi connectivity index (χ1) is 4.98. The van der Waals surface area contributed by atoms with Crippen molar-refractivity contribution in [3.8, 4) is 0 Å². The summed E-state index contributed by atoms with van der Waals surface area (Å²) in [5.74, 6) is 0. The summed E-state index contributed by atoms with van der Waals surface area (Å²) in [7, 11) is -6.09. The summed E-state index contributed by atoms with van der Waals surface area (Å²) in [4.78, 5) is 8.33. The molecule has 14 heavy (non-hydrogen) atoms. The van der Waals surface area contributed by atoms with Crippen LogP contribution < -0.4 is 10.2 Å². The van der Waals surface area contributed by atoms with E-state index in [0.717, 1.165) is 0 Å². The van der Waals surface area contributed by atoms with E-state index in [2.05, 4.69) is 0 Å². The Morgan fingerprint density at radius 1 is 1.07 bits per heavy atom. The van der Waals surface area contributed by atoms with Crippen molar-refractivity contribution < 1.29 is 75.3 Å². The molecular weight excluding hydrogens is 336 g/mol. The van der Waals surface area contributed by atoms with E-state index in [0.29, 0.717) is 0 Å². The summed E-state index contributed by atoms with van der Waals surface area (Å²) in [6.07, 6.45) is -2.33. The Kier molecular flexibility index (Phi) is 14.1. The fourth-order valence-electron chi connectivity index (χ4n) is 0. The second-order valence-electron chi connectivity index (χ2n) is 1.15. The van der Waals surface area contributed by atoms with Gasteiger partial charge >= 0.3 is 39.6 Å². The average molecular weight is 336 g/mol. The number of hydrogen-bond acceptors (Lipinski definition) is 6. The van der Waals surface area contributed by atoms with Crippen molar-refractivity contribution in [2.75, 3.05) is 0 Å². The SMILES string of the molecule is O=C([O-])[O-].O=S(=O)([O-])C(F)(F)F.[Cu+2].[Cu+2]. The summed E-state index contributed by atoms with van der Waals surface area (Å²) in [5, 5.41) is 16.7. The molecule has 0 bridgehead atoms. The van der Waals surface area contributed by atoms with Gasteiger partial charge in [-0.05, 0) is 6.16 Å². The van der Waals surface area contributed by atoms with Crippen LogP contribution >= 0.6 is 0 Å². The van der Waals surface area contributed by atoms with Gasteiger partial charge in [-0.3, -0.25) is 0 Å². The van der Waals surface area contributed by atoms with Crippen molar-refractivity contribution in [1.82, 2.24) is 0 Å². The van der Waals surface area contributed by atoms with E-state index in [1.165, 1.54) is 0 Å². The van der Waals surface area contributed by atoms with Crippen LogP contribution in [0.25, 0.3) is 0 Å². The van der Waals surface area contributed by atoms with Crippen LogP contribution in [0.15, 0.2) is 0 Å². The molecule has 2 radical (unpaired) electrons. The van der Waals surface area contributed by atoms with Gasteiger partial charge in [-0.15, -0.1) is 0 Å². The zero-order chi connectivity index (χ0) is 10.6. The van der Waals surface area contributed by atoms with Crippen molar-refractivity contribution in [3.63, 3.8) is 0 Å². The minimum atomic E-state index is -6.09. The molecule has 0 heterocycles. The largest absolute Gasteiger partial charge is 2.00 e. The molecule has 0 fully saturated rings. The predicted octanol–water partition coefficient (Wildman–Crippen LogP) is -2.40. The first-order valence-electron chi connectivity index (χ1n) is 1.88. The molecular formula is C2Cu2F3O6S+. The first-order valence-corrected chi connectivity index (χ1v) is 3.29. The Hall–Kier alpha value is 0.00896. The van der Waals surface area contributed by atoms with Gasteiger partial charge in [0, 0.05) is 0 Å². The number of hydrogen-bond donors (Lipinski definition) is 0. The molecule has 12 heteroatoms. The van der Waals surface area contributed by atoms with Gasteiger partial charge in [0.05, 0.1) is 0 Å². The zero-order valence-corrected chi connectivity index (χ0v) is 8.29. The third-order valence-electron chi connectivity index (χ3n) is 0.283. The quantitative estimate of drug-likeness (QED) is 0.276. The van der Waals surface area contributed by atoms with Crippen molar-refractivity contribution in [3.05, 3.63) is 0 Å². The molecule has 0 aromatic carbocycles. The van der Waals surface area contributed by atoms with E-state index in [9.17, 15) is 13.2 Å². The molecule has 0 unspecified atom stereocenters. The van der Waals surface area contributed by atoms with Crippen LogP contribution in [0.2, 0.25) is 0 Å². The third-order valence-corrected chi connectivity index (χ3v) is 0.850. The maximum Gasteiger partial charge on any atom is 2.00 e. The maximum atomic E-state index is 10.7. The topological polar surface area (TPSA) is 120 Å². The fourth-order valence-corrected chi connectivity index (χ4v) is 0.